The quantitative estimate of drug-likeness (QED) is 0.623. The van der Waals surface area contributed by atoms with Crippen molar-refractivity contribution in [3.8, 4) is 0 Å². The summed E-state index contributed by atoms with van der Waals surface area (Å²) in [6.45, 7) is 2.06. The highest BCUT2D eigenvalue weighted by Crippen LogP contribution is 2.33. The van der Waals surface area contributed by atoms with Crippen LogP contribution >= 0.6 is 11.8 Å². The molecule has 0 bridgehead atoms. The van der Waals surface area contributed by atoms with Crippen LogP contribution in [0.1, 0.15) is 19.8 Å². The summed E-state index contributed by atoms with van der Waals surface area (Å²) >= 11 is 2.03. The summed E-state index contributed by atoms with van der Waals surface area (Å²) in [6, 6.07) is 0.389. The Labute approximate surface area is 55.0 Å². The van der Waals surface area contributed by atoms with Crippen LogP contribution in [0.15, 0.2) is 0 Å². The number of thioether (sulfide) groups is 1. The Morgan fingerprint density at radius 2 is 2.38 bits per heavy atom. The second-order valence-electron chi connectivity index (χ2n) is 2.51. The minimum atomic E-state index is 0.389. The molecule has 1 rings (SSSR count). The van der Waals surface area contributed by atoms with E-state index in [1.807, 2.05) is 11.8 Å². The summed E-state index contributed by atoms with van der Waals surface area (Å²) in [4.78, 5) is 0. The molecular weight excluding hydrogens is 118 g/mol. The van der Waals surface area contributed by atoms with E-state index < -0.39 is 0 Å². The lowest BCUT2D eigenvalue weighted by Gasteiger charge is -2.00. The maximum Gasteiger partial charge on any atom is 0.0102 e. The Hall–Kier alpha value is 0.310. The van der Waals surface area contributed by atoms with Crippen LogP contribution in [0.4, 0.5) is 0 Å². The van der Waals surface area contributed by atoms with Crippen molar-refractivity contribution in [2.75, 3.05) is 5.75 Å². The van der Waals surface area contributed by atoms with Crippen molar-refractivity contribution in [3.63, 3.8) is 0 Å². The first kappa shape index (κ1) is 6.43. The largest absolute Gasteiger partial charge is 0.327 e. The van der Waals surface area contributed by atoms with Gasteiger partial charge in [-0.1, -0.05) is 0 Å². The highest BCUT2D eigenvalue weighted by atomic mass is 32.2. The molecule has 0 aromatic rings. The molecule has 8 heavy (non-hydrogen) atoms. The van der Waals surface area contributed by atoms with Crippen molar-refractivity contribution in [1.82, 2.24) is 0 Å². The number of rotatable bonds is 3. The molecule has 1 atom stereocenters. The van der Waals surface area contributed by atoms with Crippen LogP contribution < -0.4 is 5.73 Å². The molecule has 1 unspecified atom stereocenters. The van der Waals surface area contributed by atoms with Crippen LogP contribution in [0.25, 0.3) is 0 Å². The molecule has 48 valence electrons. The first-order chi connectivity index (χ1) is 3.79. The van der Waals surface area contributed by atoms with Crippen LogP contribution in [0.3, 0.4) is 0 Å². The average Bonchev–Trinajstić information content (AvgIpc) is 2.41. The van der Waals surface area contributed by atoms with Crippen molar-refractivity contribution in [2.24, 2.45) is 5.73 Å². The second kappa shape index (κ2) is 2.74. The molecule has 0 spiro atoms. The third-order valence-corrected chi connectivity index (χ3v) is 2.78. The Morgan fingerprint density at radius 3 is 2.75 bits per heavy atom. The van der Waals surface area contributed by atoms with Gasteiger partial charge in [-0.15, -0.1) is 0 Å². The van der Waals surface area contributed by atoms with Gasteiger partial charge >= 0.3 is 0 Å². The van der Waals surface area contributed by atoms with Gasteiger partial charge in [0.2, 0.25) is 0 Å². The summed E-state index contributed by atoms with van der Waals surface area (Å²) < 4.78 is 0. The highest BCUT2D eigenvalue weighted by Gasteiger charge is 2.21. The van der Waals surface area contributed by atoms with Gasteiger partial charge in [0.05, 0.1) is 0 Å². The number of hydrogen-bond acceptors (Lipinski definition) is 2. The van der Waals surface area contributed by atoms with Crippen molar-refractivity contribution in [3.05, 3.63) is 0 Å². The fourth-order valence-electron chi connectivity index (χ4n) is 0.523. The van der Waals surface area contributed by atoms with Gasteiger partial charge in [0.25, 0.3) is 0 Å². The van der Waals surface area contributed by atoms with Gasteiger partial charge in [-0.3, -0.25) is 0 Å². The molecule has 1 aliphatic carbocycles. The van der Waals surface area contributed by atoms with E-state index in [4.69, 9.17) is 5.73 Å². The average molecular weight is 131 g/mol. The van der Waals surface area contributed by atoms with E-state index in [0.717, 1.165) is 11.0 Å². The van der Waals surface area contributed by atoms with Crippen LogP contribution in [0.5, 0.6) is 0 Å². The summed E-state index contributed by atoms with van der Waals surface area (Å²) in [5.74, 6) is 1.14. The fourth-order valence-corrected chi connectivity index (χ4v) is 1.57. The molecule has 0 aliphatic heterocycles. The molecule has 0 radical (unpaired) electrons. The molecule has 0 saturated heterocycles. The third kappa shape index (κ3) is 2.58. The molecule has 2 N–H and O–H groups in total. The van der Waals surface area contributed by atoms with Gasteiger partial charge in [0.15, 0.2) is 0 Å². The summed E-state index contributed by atoms with van der Waals surface area (Å²) in [7, 11) is 0. The van der Waals surface area contributed by atoms with Gasteiger partial charge in [-0.25, -0.2) is 0 Å². The summed E-state index contributed by atoms with van der Waals surface area (Å²) in [5, 5.41) is 0.973. The van der Waals surface area contributed by atoms with Crippen LogP contribution in [-0.4, -0.2) is 17.0 Å². The molecule has 0 heterocycles. The molecule has 0 aromatic carbocycles. The van der Waals surface area contributed by atoms with Gasteiger partial charge in [0, 0.05) is 17.0 Å². The smallest absolute Gasteiger partial charge is 0.0102 e. The maximum absolute atomic E-state index is 5.55. The Kier molecular flexibility index (Phi) is 2.20. The highest BCUT2D eigenvalue weighted by molar-refractivity contribution is 8.00. The molecule has 0 aromatic heterocycles. The Morgan fingerprint density at radius 1 is 1.75 bits per heavy atom. The minimum Gasteiger partial charge on any atom is -0.327 e. The zero-order chi connectivity index (χ0) is 5.98. The van der Waals surface area contributed by atoms with Crippen LogP contribution in [0.2, 0.25) is 0 Å². The van der Waals surface area contributed by atoms with Gasteiger partial charge in [-0.2, -0.15) is 11.8 Å². The minimum absolute atomic E-state index is 0.389. The topological polar surface area (TPSA) is 26.0 Å². The third-order valence-electron chi connectivity index (χ3n) is 1.12. The standard InChI is InChI=1S/C6H13NS/c1-5(7)4-8-6-2-3-6/h5-6H,2-4,7H2,1H3. The zero-order valence-corrected chi connectivity index (χ0v) is 6.08. The maximum atomic E-state index is 5.55. The first-order valence-corrected chi connectivity index (χ1v) is 4.21. The molecule has 2 heteroatoms. The summed E-state index contributed by atoms with van der Waals surface area (Å²) in [5.41, 5.74) is 5.55. The van der Waals surface area contributed by atoms with E-state index in [2.05, 4.69) is 6.92 Å². The van der Waals surface area contributed by atoms with E-state index in [1.54, 1.807) is 0 Å². The van der Waals surface area contributed by atoms with Gasteiger partial charge in [-0.05, 0) is 19.8 Å². The molecular formula is C6H13NS. The lowest BCUT2D eigenvalue weighted by Crippen LogP contribution is -2.17. The van der Waals surface area contributed by atoms with E-state index in [1.165, 1.54) is 12.8 Å². The molecule has 1 aliphatic rings. The lowest BCUT2D eigenvalue weighted by atomic mass is 10.4. The van der Waals surface area contributed by atoms with E-state index in [-0.39, 0.29) is 0 Å². The predicted octanol–water partition coefficient (Wildman–Crippen LogP) is 1.23. The van der Waals surface area contributed by atoms with E-state index >= 15 is 0 Å². The number of nitrogens with two attached hydrogens (primary N) is 1. The van der Waals surface area contributed by atoms with E-state index in [9.17, 15) is 0 Å². The van der Waals surface area contributed by atoms with Crippen molar-refractivity contribution < 1.29 is 0 Å². The van der Waals surface area contributed by atoms with E-state index in [0.29, 0.717) is 6.04 Å². The molecule has 1 fully saturated rings. The number of hydrogen-bond donors (Lipinski definition) is 1. The van der Waals surface area contributed by atoms with Crippen LogP contribution in [-0.2, 0) is 0 Å². The lowest BCUT2D eigenvalue weighted by molar-refractivity contribution is 0.847. The normalized spacial score (nSPS) is 23.2. The van der Waals surface area contributed by atoms with Crippen LogP contribution in [0, 0.1) is 0 Å². The van der Waals surface area contributed by atoms with Crippen molar-refractivity contribution >= 4 is 11.8 Å². The van der Waals surface area contributed by atoms with Crippen molar-refractivity contribution in [2.45, 2.75) is 31.1 Å². The Balaban J connectivity index is 1.87. The molecule has 1 nitrogen and oxygen atoms in total. The Bertz CT molecular complexity index is 66.9. The van der Waals surface area contributed by atoms with Crippen molar-refractivity contribution in [1.29, 1.82) is 0 Å². The predicted molar refractivity (Wildman–Crippen MR) is 39.1 cm³/mol. The second-order valence-corrected chi connectivity index (χ2v) is 3.84. The fraction of sp³-hybridized carbons (Fsp3) is 1.00. The van der Waals surface area contributed by atoms with Gasteiger partial charge < -0.3 is 5.73 Å². The summed E-state index contributed by atoms with van der Waals surface area (Å²) in [6.07, 6.45) is 2.86. The zero-order valence-electron chi connectivity index (χ0n) is 5.26. The SMILES string of the molecule is CC(N)CSC1CC1. The molecule has 1 saturated carbocycles. The first-order valence-electron chi connectivity index (χ1n) is 3.16. The van der Waals surface area contributed by atoms with Gasteiger partial charge in [0.1, 0.15) is 0 Å². The monoisotopic (exact) mass is 131 g/mol. The molecule has 0 amide bonds.